The van der Waals surface area contributed by atoms with Gasteiger partial charge in [0.15, 0.2) is 5.78 Å². The molecule has 0 radical (unpaired) electrons. The Morgan fingerprint density at radius 1 is 1.19 bits per heavy atom. The minimum absolute atomic E-state index is 0.00911. The first-order valence-corrected chi connectivity index (χ1v) is 6.88. The summed E-state index contributed by atoms with van der Waals surface area (Å²) in [7, 11) is 0. The number of carbonyl (C=O) groups excluding carboxylic acids is 1. The molecule has 0 bridgehead atoms. The van der Waals surface area contributed by atoms with Crippen LogP contribution in [0.4, 0.5) is 0 Å². The molecule has 3 rings (SSSR count). The highest BCUT2D eigenvalue weighted by atomic mass is 16.5. The van der Waals surface area contributed by atoms with E-state index in [1.807, 2.05) is 48.7 Å². The Hall–Kier alpha value is -2.62. The Kier molecular flexibility index (Phi) is 3.69. The second-order valence-electron chi connectivity index (χ2n) is 4.84. The van der Waals surface area contributed by atoms with Crippen LogP contribution in [-0.4, -0.2) is 22.2 Å². The number of fused-ring (bicyclic) bond motifs is 1. The summed E-state index contributed by atoms with van der Waals surface area (Å²) < 4.78 is 7.71. The Morgan fingerprint density at radius 2 is 2.05 bits per heavy atom. The van der Waals surface area contributed by atoms with Gasteiger partial charge in [-0.3, -0.25) is 9.48 Å². The molecule has 0 saturated heterocycles. The summed E-state index contributed by atoms with van der Waals surface area (Å²) in [5, 5.41) is 6.17. The zero-order valence-electron chi connectivity index (χ0n) is 11.8. The van der Waals surface area contributed by atoms with Gasteiger partial charge in [-0.25, -0.2) is 0 Å². The maximum atomic E-state index is 11.8. The molecule has 0 amide bonds. The van der Waals surface area contributed by atoms with Crippen molar-refractivity contribution in [2.24, 2.45) is 0 Å². The molecule has 0 aliphatic carbocycles. The van der Waals surface area contributed by atoms with Gasteiger partial charge in [-0.1, -0.05) is 30.3 Å². The normalized spacial score (nSPS) is 10.7. The van der Waals surface area contributed by atoms with Gasteiger partial charge in [0.1, 0.15) is 12.4 Å². The molecule has 0 N–H and O–H groups in total. The highest BCUT2D eigenvalue weighted by Crippen LogP contribution is 2.30. The van der Waals surface area contributed by atoms with Crippen LogP contribution in [0.5, 0.6) is 5.75 Å². The Balaban J connectivity index is 1.90. The van der Waals surface area contributed by atoms with Crippen molar-refractivity contribution in [2.75, 3.05) is 6.61 Å². The van der Waals surface area contributed by atoms with Crippen LogP contribution in [0, 0.1) is 0 Å². The van der Waals surface area contributed by atoms with Crippen LogP contribution in [0.2, 0.25) is 0 Å². The van der Waals surface area contributed by atoms with Crippen LogP contribution in [0.15, 0.2) is 54.9 Å². The molecule has 0 saturated carbocycles. The van der Waals surface area contributed by atoms with Crippen LogP contribution in [-0.2, 0) is 6.54 Å². The van der Waals surface area contributed by atoms with E-state index in [0.29, 0.717) is 24.5 Å². The monoisotopic (exact) mass is 280 g/mol. The summed E-state index contributed by atoms with van der Waals surface area (Å²) >= 11 is 0. The van der Waals surface area contributed by atoms with Crippen molar-refractivity contribution in [3.05, 3.63) is 60.4 Å². The summed E-state index contributed by atoms with van der Waals surface area (Å²) in [5.41, 5.74) is 0.620. The fourth-order valence-electron chi connectivity index (χ4n) is 2.35. The lowest BCUT2D eigenvalue weighted by Crippen LogP contribution is -2.10. The fourth-order valence-corrected chi connectivity index (χ4v) is 2.35. The molecule has 4 nitrogen and oxygen atoms in total. The third kappa shape index (κ3) is 2.79. The van der Waals surface area contributed by atoms with Crippen molar-refractivity contribution in [1.82, 2.24) is 9.78 Å². The number of benzene rings is 2. The van der Waals surface area contributed by atoms with Gasteiger partial charge in [-0.15, -0.1) is 0 Å². The van der Waals surface area contributed by atoms with Crippen molar-refractivity contribution in [1.29, 1.82) is 0 Å². The van der Waals surface area contributed by atoms with Gasteiger partial charge in [0, 0.05) is 17.8 Å². The van der Waals surface area contributed by atoms with E-state index in [0.717, 1.165) is 10.8 Å². The summed E-state index contributed by atoms with van der Waals surface area (Å²) in [5.74, 6) is 0.669. The van der Waals surface area contributed by atoms with Crippen molar-refractivity contribution in [2.45, 2.75) is 13.5 Å². The van der Waals surface area contributed by atoms with Crippen molar-refractivity contribution < 1.29 is 9.53 Å². The number of ether oxygens (including phenoxy) is 1. The third-order valence-corrected chi connectivity index (χ3v) is 3.38. The molecule has 0 fully saturated rings. The minimum atomic E-state index is 0.00911. The third-order valence-electron chi connectivity index (χ3n) is 3.38. The van der Waals surface area contributed by atoms with Crippen molar-refractivity contribution >= 4 is 16.6 Å². The van der Waals surface area contributed by atoms with Gasteiger partial charge >= 0.3 is 0 Å². The molecule has 4 heteroatoms. The fraction of sp³-hybridized carbons (Fsp3) is 0.176. The maximum Gasteiger partial charge on any atom is 0.163 e. The molecule has 1 heterocycles. The van der Waals surface area contributed by atoms with Gasteiger partial charge in [-0.2, -0.15) is 5.10 Å². The molecule has 106 valence electrons. The van der Waals surface area contributed by atoms with E-state index in [2.05, 4.69) is 5.10 Å². The van der Waals surface area contributed by atoms with Crippen LogP contribution < -0.4 is 4.74 Å². The quantitative estimate of drug-likeness (QED) is 0.673. The predicted molar refractivity (Wildman–Crippen MR) is 81.7 cm³/mol. The maximum absolute atomic E-state index is 11.8. The van der Waals surface area contributed by atoms with E-state index in [1.165, 1.54) is 0 Å². The van der Waals surface area contributed by atoms with Gasteiger partial charge < -0.3 is 4.74 Å². The first kappa shape index (κ1) is 13.4. The zero-order valence-corrected chi connectivity index (χ0v) is 11.8. The molecule has 0 spiro atoms. The highest BCUT2D eigenvalue weighted by Gasteiger charge is 2.12. The van der Waals surface area contributed by atoms with E-state index >= 15 is 0 Å². The summed E-state index contributed by atoms with van der Waals surface area (Å²) in [6, 6.07) is 13.6. The minimum Gasteiger partial charge on any atom is -0.490 e. The Bertz CT molecular complexity index is 764. The average Bonchev–Trinajstić information content (AvgIpc) is 3.00. The van der Waals surface area contributed by atoms with Gasteiger partial charge in [0.05, 0.1) is 12.1 Å². The number of hydrogen-bond acceptors (Lipinski definition) is 3. The first-order chi connectivity index (χ1) is 10.3. The summed E-state index contributed by atoms with van der Waals surface area (Å²) in [6.07, 6.45) is 3.62. The Labute approximate surface area is 123 Å². The number of rotatable bonds is 5. The zero-order chi connectivity index (χ0) is 14.7. The van der Waals surface area contributed by atoms with E-state index in [9.17, 15) is 4.79 Å². The van der Waals surface area contributed by atoms with Crippen LogP contribution in [0.25, 0.3) is 10.8 Å². The predicted octanol–water partition coefficient (Wildman–Crippen LogP) is 3.32. The lowest BCUT2D eigenvalue weighted by Gasteiger charge is -2.13. The second-order valence-corrected chi connectivity index (χ2v) is 4.84. The molecule has 0 unspecified atom stereocenters. The Morgan fingerprint density at radius 3 is 2.81 bits per heavy atom. The second kappa shape index (κ2) is 5.79. The SMILES string of the molecule is CC(=O)c1ccc2ccccc2c1OCCn1cccn1. The van der Waals surface area contributed by atoms with Crippen molar-refractivity contribution in [3.63, 3.8) is 0 Å². The number of ketones is 1. The highest BCUT2D eigenvalue weighted by molar-refractivity contribution is 6.03. The smallest absolute Gasteiger partial charge is 0.163 e. The molecule has 0 aliphatic heterocycles. The topological polar surface area (TPSA) is 44.1 Å². The van der Waals surface area contributed by atoms with Crippen molar-refractivity contribution in [3.8, 4) is 5.75 Å². The number of nitrogens with zero attached hydrogens (tertiary/aromatic N) is 2. The molecule has 1 aromatic heterocycles. The lowest BCUT2D eigenvalue weighted by atomic mass is 10.0. The number of hydrogen-bond donors (Lipinski definition) is 0. The molecular formula is C17H16N2O2. The number of aromatic nitrogens is 2. The molecule has 0 aliphatic rings. The first-order valence-electron chi connectivity index (χ1n) is 6.88. The van der Waals surface area contributed by atoms with Gasteiger partial charge in [-0.05, 0) is 24.4 Å². The van der Waals surface area contributed by atoms with Crippen LogP contribution >= 0.6 is 0 Å². The summed E-state index contributed by atoms with van der Waals surface area (Å²) in [6.45, 7) is 2.67. The van der Waals surface area contributed by atoms with Crippen LogP contribution in [0.1, 0.15) is 17.3 Å². The molecule has 0 atom stereocenters. The van der Waals surface area contributed by atoms with Gasteiger partial charge in [0.2, 0.25) is 0 Å². The molecule has 21 heavy (non-hydrogen) atoms. The number of carbonyl (C=O) groups is 1. The standard InChI is InChI=1S/C17H16N2O2/c1-13(20)15-8-7-14-5-2-3-6-16(14)17(15)21-12-11-19-10-4-9-18-19/h2-10H,11-12H2,1H3. The van der Waals surface area contributed by atoms with Gasteiger partial charge in [0.25, 0.3) is 0 Å². The average molecular weight is 280 g/mol. The van der Waals surface area contributed by atoms with Crippen LogP contribution in [0.3, 0.4) is 0 Å². The molecule has 3 aromatic rings. The largest absolute Gasteiger partial charge is 0.490 e. The van der Waals surface area contributed by atoms with E-state index in [-0.39, 0.29) is 5.78 Å². The van der Waals surface area contributed by atoms with E-state index in [1.54, 1.807) is 17.8 Å². The molecular weight excluding hydrogens is 264 g/mol. The van der Waals surface area contributed by atoms with E-state index in [4.69, 9.17) is 4.74 Å². The number of Topliss-reactive ketones (excluding diaryl/α,β-unsaturated/α-hetero) is 1. The molecule has 2 aromatic carbocycles. The van der Waals surface area contributed by atoms with E-state index < -0.39 is 0 Å². The lowest BCUT2D eigenvalue weighted by molar-refractivity contribution is 0.101. The summed E-state index contributed by atoms with van der Waals surface area (Å²) in [4.78, 5) is 11.8.